The van der Waals surface area contributed by atoms with E-state index < -0.39 is 8.80 Å². The molecule has 0 saturated heterocycles. The van der Waals surface area contributed by atoms with Gasteiger partial charge in [-0.2, -0.15) is 12.6 Å². The van der Waals surface area contributed by atoms with Crippen molar-refractivity contribution in [1.82, 2.24) is 0 Å². The van der Waals surface area contributed by atoms with Crippen LogP contribution in [0.1, 0.15) is 240 Å². The van der Waals surface area contributed by atoms with E-state index >= 15 is 0 Å². The zero-order chi connectivity index (χ0) is 35.1. The van der Waals surface area contributed by atoms with Crippen LogP contribution in [0.15, 0.2) is 0 Å². The monoisotopic (exact) mass is 717 g/mol. The molecule has 48 heavy (non-hydrogen) atoms. The fraction of sp³-hybridized carbons (Fsp3) is 1.00. The Morgan fingerprint density at radius 1 is 0.396 bits per heavy atom. The summed E-state index contributed by atoms with van der Waals surface area (Å²) in [6, 6.07) is 0.783. The highest BCUT2D eigenvalue weighted by atomic mass is 32.1. The average Bonchev–Trinajstić information content (AvgIpc) is 3.08. The fourth-order valence-corrected chi connectivity index (χ4v) is 9.31. The predicted molar refractivity (Wildman–Crippen MR) is 217 cm³/mol. The van der Waals surface area contributed by atoms with Crippen molar-refractivity contribution in [2.24, 2.45) is 0 Å². The molecule has 0 amide bonds. The van der Waals surface area contributed by atoms with Crippen molar-refractivity contribution in [2.45, 2.75) is 251 Å². The van der Waals surface area contributed by atoms with E-state index in [0.29, 0.717) is 25.1 Å². The Hall–Kier alpha value is 0.407. The van der Waals surface area contributed by atoms with Crippen LogP contribution in [0, 0.1) is 0 Å². The molecule has 1 unspecified atom stereocenters. The van der Waals surface area contributed by atoms with Gasteiger partial charge in [-0.3, -0.25) is 0 Å². The van der Waals surface area contributed by atoms with Gasteiger partial charge in [-0.05, 0) is 30.9 Å². The van der Waals surface area contributed by atoms with Crippen LogP contribution >= 0.6 is 12.6 Å². The number of rotatable bonds is 42. The van der Waals surface area contributed by atoms with Crippen LogP contribution in [0.3, 0.4) is 0 Å². The van der Waals surface area contributed by atoms with E-state index in [1.807, 2.05) is 0 Å². The van der Waals surface area contributed by atoms with Crippen LogP contribution < -0.4 is 0 Å². The Balaban J connectivity index is 4.54. The third-order valence-corrected chi connectivity index (χ3v) is 12.6. The number of hydrogen-bond acceptors (Lipinski definition) is 5. The molecule has 0 rings (SSSR count). The van der Waals surface area contributed by atoms with Crippen molar-refractivity contribution in [3.8, 4) is 0 Å². The molecule has 0 aromatic heterocycles. The summed E-state index contributed by atoms with van der Waals surface area (Å²) < 4.78 is 19.4. The molecule has 4 nitrogen and oxygen atoms in total. The number of thiol groups is 1. The lowest BCUT2D eigenvalue weighted by atomic mass is 10.1. The molecule has 0 radical (unpaired) electrons. The van der Waals surface area contributed by atoms with Crippen LogP contribution in [-0.4, -0.2) is 33.9 Å². The summed E-state index contributed by atoms with van der Waals surface area (Å²) in [6.45, 7) is 11.1. The summed E-state index contributed by atoms with van der Waals surface area (Å²) >= 11 is 4.69. The van der Waals surface area contributed by atoms with Gasteiger partial charge < -0.3 is 8.85 Å². The fourth-order valence-electron chi connectivity index (χ4n) is 6.43. The van der Waals surface area contributed by atoms with Gasteiger partial charge in [-0.15, -0.1) is 0 Å². The van der Waals surface area contributed by atoms with E-state index in [0.717, 1.165) is 31.7 Å². The van der Waals surface area contributed by atoms with E-state index in [9.17, 15) is 0 Å². The molecular weight excluding hydrogens is 629 g/mol. The molecule has 1 atom stereocenters. The van der Waals surface area contributed by atoms with Crippen molar-refractivity contribution in [1.29, 1.82) is 0 Å². The van der Waals surface area contributed by atoms with E-state index in [4.69, 9.17) is 18.3 Å². The first-order valence-corrected chi connectivity index (χ1v) is 24.3. The van der Waals surface area contributed by atoms with Crippen LogP contribution in [-0.2, 0) is 18.3 Å². The SMILES string of the molecule is CCCCCCCCCCCCCCOO[Si](CCC(C)S)(OCCCCCCCCCCCC)OCCCCCCCCCCCC. The molecule has 0 aromatic carbocycles. The second-order valence-corrected chi connectivity index (χ2v) is 18.4. The number of hydrogen-bond donors (Lipinski definition) is 1. The smallest absolute Gasteiger partial charge is 0.372 e. The standard InChI is InChI=1S/C42H88O4SSi/c1-5-8-11-14-17-20-23-24-25-28-31-34-38-43-46-48(41-37-42(4)47,44-39-35-32-29-26-21-18-15-12-9-6-2)45-40-36-33-30-27-22-19-16-13-10-7-3/h42,47H,5-41H2,1-4H3. The topological polar surface area (TPSA) is 36.9 Å². The van der Waals surface area contributed by atoms with Crippen molar-refractivity contribution < 1.29 is 18.3 Å². The minimum atomic E-state index is -2.92. The largest absolute Gasteiger partial charge is 0.530 e. The predicted octanol–water partition coefficient (Wildman–Crippen LogP) is 15.2. The van der Waals surface area contributed by atoms with Gasteiger partial charge in [0.15, 0.2) is 0 Å². The van der Waals surface area contributed by atoms with Crippen molar-refractivity contribution in [3.63, 3.8) is 0 Å². The maximum Gasteiger partial charge on any atom is 0.530 e. The molecular formula is C42H88O4SSi. The summed E-state index contributed by atoms with van der Waals surface area (Å²) in [5, 5.41) is 0.290. The van der Waals surface area contributed by atoms with E-state index in [1.165, 1.54) is 186 Å². The van der Waals surface area contributed by atoms with Gasteiger partial charge in [-0.1, -0.05) is 214 Å². The quantitative estimate of drug-likeness (QED) is 0.0224. The highest BCUT2D eigenvalue weighted by Gasteiger charge is 2.43. The van der Waals surface area contributed by atoms with Crippen molar-refractivity contribution in [3.05, 3.63) is 0 Å². The minimum Gasteiger partial charge on any atom is -0.372 e. The first-order valence-electron chi connectivity index (χ1n) is 21.9. The maximum atomic E-state index is 6.59. The summed E-state index contributed by atoms with van der Waals surface area (Å²) in [5.41, 5.74) is 0. The molecule has 0 saturated carbocycles. The van der Waals surface area contributed by atoms with Gasteiger partial charge in [0.2, 0.25) is 0 Å². The highest BCUT2D eigenvalue weighted by Crippen LogP contribution is 2.24. The van der Waals surface area contributed by atoms with Crippen molar-refractivity contribution >= 4 is 21.4 Å². The summed E-state index contributed by atoms with van der Waals surface area (Å²) in [4.78, 5) is 5.91. The Bertz CT molecular complexity index is 568. The van der Waals surface area contributed by atoms with E-state index in [1.54, 1.807) is 0 Å². The Morgan fingerprint density at radius 3 is 0.958 bits per heavy atom. The van der Waals surface area contributed by atoms with Crippen LogP contribution in [0.4, 0.5) is 0 Å². The molecule has 0 N–H and O–H groups in total. The molecule has 0 bridgehead atoms. The van der Waals surface area contributed by atoms with Crippen LogP contribution in [0.5, 0.6) is 0 Å². The molecule has 0 aliphatic rings. The summed E-state index contributed by atoms with van der Waals surface area (Å²) in [5.74, 6) is 0. The van der Waals surface area contributed by atoms with Crippen molar-refractivity contribution in [2.75, 3.05) is 19.8 Å². The van der Waals surface area contributed by atoms with Gasteiger partial charge in [0.25, 0.3) is 0 Å². The third-order valence-electron chi connectivity index (χ3n) is 9.78. The molecule has 0 spiro atoms. The lowest BCUT2D eigenvalue weighted by Gasteiger charge is -2.29. The minimum absolute atomic E-state index is 0.290. The summed E-state index contributed by atoms with van der Waals surface area (Å²) in [7, 11) is -2.92. The number of unbranched alkanes of at least 4 members (excludes halogenated alkanes) is 29. The van der Waals surface area contributed by atoms with Gasteiger partial charge in [0.05, 0.1) is 6.61 Å². The average molecular weight is 717 g/mol. The molecule has 0 aliphatic carbocycles. The molecule has 290 valence electrons. The van der Waals surface area contributed by atoms with Gasteiger partial charge in [0.1, 0.15) is 0 Å². The zero-order valence-corrected chi connectivity index (χ0v) is 35.2. The lowest BCUT2D eigenvalue weighted by molar-refractivity contribution is -0.252. The van der Waals surface area contributed by atoms with Crippen LogP contribution in [0.2, 0.25) is 6.04 Å². The van der Waals surface area contributed by atoms with E-state index in [2.05, 4.69) is 40.3 Å². The molecule has 0 heterocycles. The second-order valence-electron chi connectivity index (χ2n) is 14.9. The Kier molecular flexibility index (Phi) is 40.5. The van der Waals surface area contributed by atoms with Gasteiger partial charge >= 0.3 is 8.80 Å². The Morgan fingerprint density at radius 2 is 0.667 bits per heavy atom. The van der Waals surface area contributed by atoms with Gasteiger partial charge in [-0.25, -0.2) is 9.46 Å². The second kappa shape index (κ2) is 40.2. The van der Waals surface area contributed by atoms with Gasteiger partial charge in [0, 0.05) is 19.3 Å². The lowest BCUT2D eigenvalue weighted by Crippen LogP contribution is -2.46. The third kappa shape index (κ3) is 36.2. The first kappa shape index (κ1) is 48.4. The highest BCUT2D eigenvalue weighted by molar-refractivity contribution is 7.80. The van der Waals surface area contributed by atoms with E-state index in [-0.39, 0.29) is 0 Å². The molecule has 0 aromatic rings. The first-order chi connectivity index (χ1) is 23.6. The molecule has 0 aliphatic heterocycles. The normalized spacial score (nSPS) is 12.7. The van der Waals surface area contributed by atoms with Crippen LogP contribution in [0.25, 0.3) is 0 Å². The molecule has 6 heteroatoms. The Labute approximate surface area is 309 Å². The maximum absolute atomic E-state index is 6.59. The molecule has 0 fully saturated rings. The summed E-state index contributed by atoms with van der Waals surface area (Å²) in [6.07, 6.45) is 43.5. The zero-order valence-electron chi connectivity index (χ0n) is 33.3.